The molecule has 0 rings (SSSR count). The molecule has 0 saturated heterocycles. The number of rotatable bonds is 9. The van der Waals surface area contributed by atoms with Crippen molar-refractivity contribution in [2.24, 2.45) is 11.5 Å². The van der Waals surface area contributed by atoms with Crippen LogP contribution in [0, 0.1) is 0 Å². The summed E-state index contributed by atoms with van der Waals surface area (Å²) in [6, 6.07) is -0.642. The number of ether oxygens (including phenoxy) is 2. The summed E-state index contributed by atoms with van der Waals surface area (Å²) in [4.78, 5) is 22.0. The van der Waals surface area contributed by atoms with Gasteiger partial charge in [-0.1, -0.05) is 13.0 Å². The largest absolute Gasteiger partial charge is 0.461 e. The number of hydrogen-bond donors (Lipinski definition) is 2. The van der Waals surface area contributed by atoms with Crippen molar-refractivity contribution in [3.8, 4) is 0 Å². The molecule has 0 aromatic rings. The fourth-order valence-corrected chi connectivity index (χ4v) is 1.08. The van der Waals surface area contributed by atoms with Crippen LogP contribution in [0.2, 0.25) is 0 Å². The van der Waals surface area contributed by atoms with E-state index < -0.39 is 18.0 Å². The second kappa shape index (κ2) is 9.80. The average molecular weight is 244 g/mol. The highest BCUT2D eigenvalue weighted by atomic mass is 16.6. The van der Waals surface area contributed by atoms with Gasteiger partial charge in [-0.15, -0.1) is 0 Å². The van der Waals surface area contributed by atoms with Crippen molar-refractivity contribution in [3.05, 3.63) is 12.7 Å². The quantitative estimate of drug-likeness (QED) is 0.328. The van der Waals surface area contributed by atoms with Crippen LogP contribution < -0.4 is 11.5 Å². The van der Waals surface area contributed by atoms with Crippen molar-refractivity contribution in [1.29, 1.82) is 0 Å². The van der Waals surface area contributed by atoms with E-state index in [4.69, 9.17) is 16.2 Å². The van der Waals surface area contributed by atoms with Crippen LogP contribution in [0.4, 0.5) is 0 Å². The number of hydrogen-bond acceptors (Lipinski definition) is 6. The summed E-state index contributed by atoms with van der Waals surface area (Å²) < 4.78 is 9.45. The maximum atomic E-state index is 11.3. The number of carbonyl (C=O) groups excluding carboxylic acids is 2. The van der Waals surface area contributed by atoms with Gasteiger partial charge in [-0.3, -0.25) is 4.79 Å². The van der Waals surface area contributed by atoms with Crippen LogP contribution in [0.1, 0.15) is 19.3 Å². The Bertz CT molecular complexity index is 256. The van der Waals surface area contributed by atoms with Crippen molar-refractivity contribution in [1.82, 2.24) is 0 Å². The molecule has 0 aromatic heterocycles. The zero-order valence-electron chi connectivity index (χ0n) is 9.89. The fraction of sp³-hybridized carbons (Fsp3) is 0.636. The zero-order chi connectivity index (χ0) is 13.1. The molecule has 0 bridgehead atoms. The molecule has 0 spiro atoms. The van der Waals surface area contributed by atoms with Crippen LogP contribution in [0.5, 0.6) is 0 Å². The van der Waals surface area contributed by atoms with E-state index in [1.807, 2.05) is 0 Å². The summed E-state index contributed by atoms with van der Waals surface area (Å²) in [6.07, 6.45) is 3.21. The first-order chi connectivity index (χ1) is 8.11. The molecule has 6 nitrogen and oxygen atoms in total. The van der Waals surface area contributed by atoms with Crippen LogP contribution in [-0.2, 0) is 19.1 Å². The van der Waals surface area contributed by atoms with Gasteiger partial charge >= 0.3 is 11.9 Å². The van der Waals surface area contributed by atoms with E-state index in [2.05, 4.69) is 11.3 Å². The highest BCUT2D eigenvalue weighted by Gasteiger charge is 2.14. The van der Waals surface area contributed by atoms with Gasteiger partial charge in [0.2, 0.25) is 0 Å². The monoisotopic (exact) mass is 244 g/mol. The molecule has 0 fully saturated rings. The van der Waals surface area contributed by atoms with E-state index in [0.717, 1.165) is 18.9 Å². The lowest BCUT2D eigenvalue weighted by atomic mass is 10.1. The Morgan fingerprint density at radius 2 is 1.88 bits per heavy atom. The molecule has 0 radical (unpaired) electrons. The van der Waals surface area contributed by atoms with Crippen molar-refractivity contribution >= 4 is 11.9 Å². The van der Waals surface area contributed by atoms with Gasteiger partial charge < -0.3 is 20.9 Å². The topological polar surface area (TPSA) is 105 Å². The molecule has 6 heteroatoms. The third-order valence-corrected chi connectivity index (χ3v) is 2.01. The SMILES string of the molecule is C=CC(=O)OCCOC(=O)[C@@H](N)CCCCN. The Kier molecular flexibility index (Phi) is 8.99. The predicted octanol–water partition coefficient (Wildman–Crippen LogP) is -0.285. The van der Waals surface area contributed by atoms with Gasteiger partial charge in [0.25, 0.3) is 0 Å². The Morgan fingerprint density at radius 1 is 1.24 bits per heavy atom. The zero-order valence-corrected chi connectivity index (χ0v) is 9.89. The highest BCUT2D eigenvalue weighted by Crippen LogP contribution is 1.99. The summed E-state index contributed by atoms with van der Waals surface area (Å²) in [7, 11) is 0. The molecule has 0 unspecified atom stereocenters. The molecule has 1 atom stereocenters. The van der Waals surface area contributed by atoms with Gasteiger partial charge in [-0.25, -0.2) is 4.79 Å². The fourth-order valence-electron chi connectivity index (χ4n) is 1.08. The van der Waals surface area contributed by atoms with Crippen molar-refractivity contribution in [2.45, 2.75) is 25.3 Å². The van der Waals surface area contributed by atoms with E-state index in [0.29, 0.717) is 13.0 Å². The maximum Gasteiger partial charge on any atom is 0.330 e. The molecule has 0 aliphatic heterocycles. The summed E-state index contributed by atoms with van der Waals surface area (Å²) in [5, 5.41) is 0. The Balaban J connectivity index is 3.56. The average Bonchev–Trinajstić information content (AvgIpc) is 2.34. The van der Waals surface area contributed by atoms with E-state index >= 15 is 0 Å². The van der Waals surface area contributed by atoms with Gasteiger partial charge in [-0.05, 0) is 19.4 Å². The van der Waals surface area contributed by atoms with Gasteiger partial charge in [0.15, 0.2) is 0 Å². The normalized spacial score (nSPS) is 11.6. The minimum absolute atomic E-state index is 0.00298. The van der Waals surface area contributed by atoms with Crippen LogP contribution in [-0.4, -0.2) is 37.7 Å². The predicted molar refractivity (Wildman–Crippen MR) is 63.0 cm³/mol. The van der Waals surface area contributed by atoms with Gasteiger partial charge in [0.1, 0.15) is 19.3 Å². The summed E-state index contributed by atoms with van der Waals surface area (Å²) in [5.74, 6) is -1.04. The molecule has 0 amide bonds. The smallest absolute Gasteiger partial charge is 0.330 e. The lowest BCUT2D eigenvalue weighted by molar-refractivity contribution is -0.150. The molecular weight excluding hydrogens is 224 g/mol. The molecule has 0 saturated carbocycles. The molecule has 0 aliphatic carbocycles. The molecule has 0 aromatic carbocycles. The lowest BCUT2D eigenvalue weighted by Crippen LogP contribution is -2.33. The molecule has 17 heavy (non-hydrogen) atoms. The molecule has 0 heterocycles. The first-order valence-corrected chi connectivity index (χ1v) is 5.53. The van der Waals surface area contributed by atoms with E-state index in [1.165, 1.54) is 0 Å². The van der Waals surface area contributed by atoms with Crippen LogP contribution in [0.3, 0.4) is 0 Å². The van der Waals surface area contributed by atoms with Crippen molar-refractivity contribution in [3.63, 3.8) is 0 Å². The first-order valence-electron chi connectivity index (χ1n) is 5.53. The van der Waals surface area contributed by atoms with Crippen LogP contribution in [0.15, 0.2) is 12.7 Å². The third-order valence-electron chi connectivity index (χ3n) is 2.01. The van der Waals surface area contributed by atoms with Crippen LogP contribution in [0.25, 0.3) is 0 Å². The molecule has 4 N–H and O–H groups in total. The van der Waals surface area contributed by atoms with Gasteiger partial charge in [0.05, 0.1) is 0 Å². The van der Waals surface area contributed by atoms with Gasteiger partial charge in [-0.2, -0.15) is 0 Å². The third kappa shape index (κ3) is 8.41. The molecule has 98 valence electrons. The summed E-state index contributed by atoms with van der Waals surface area (Å²) in [5.41, 5.74) is 10.9. The molecular formula is C11H20N2O4. The minimum Gasteiger partial charge on any atom is -0.461 e. The van der Waals surface area contributed by atoms with Gasteiger partial charge in [0, 0.05) is 6.08 Å². The van der Waals surface area contributed by atoms with E-state index in [9.17, 15) is 9.59 Å². The number of carbonyl (C=O) groups is 2. The highest BCUT2D eigenvalue weighted by molar-refractivity contribution is 5.81. The van der Waals surface area contributed by atoms with Crippen molar-refractivity contribution < 1.29 is 19.1 Å². The second-order valence-corrected chi connectivity index (χ2v) is 3.43. The number of unbranched alkanes of at least 4 members (excludes halogenated alkanes) is 1. The summed E-state index contributed by atoms with van der Waals surface area (Å²) >= 11 is 0. The standard InChI is InChI=1S/C11H20N2O4/c1-2-10(14)16-7-8-17-11(15)9(13)5-3-4-6-12/h2,9H,1,3-8,12-13H2/t9-/m0/s1. The number of esters is 2. The maximum absolute atomic E-state index is 11.3. The molecule has 0 aliphatic rings. The Morgan fingerprint density at radius 3 is 2.47 bits per heavy atom. The Hall–Kier alpha value is -1.40. The minimum atomic E-state index is -0.642. The Labute approximate surface area is 101 Å². The second-order valence-electron chi connectivity index (χ2n) is 3.43. The van der Waals surface area contributed by atoms with E-state index in [-0.39, 0.29) is 13.2 Å². The summed E-state index contributed by atoms with van der Waals surface area (Å²) in [6.45, 7) is 3.82. The number of nitrogens with two attached hydrogens (primary N) is 2. The first kappa shape index (κ1) is 15.6. The van der Waals surface area contributed by atoms with Crippen molar-refractivity contribution in [2.75, 3.05) is 19.8 Å². The van der Waals surface area contributed by atoms with E-state index in [1.54, 1.807) is 0 Å². The lowest BCUT2D eigenvalue weighted by Gasteiger charge is -2.10. The van der Waals surface area contributed by atoms with Crippen LogP contribution >= 0.6 is 0 Å².